The predicted octanol–water partition coefficient (Wildman–Crippen LogP) is 3.33. The Balaban J connectivity index is 2.25. The molecule has 3 aromatic heterocycles. The molecule has 98 valence electrons. The van der Waals surface area contributed by atoms with E-state index in [-0.39, 0.29) is 0 Å². The minimum atomic E-state index is 0.530. The number of aromatic nitrogens is 4. The van der Waals surface area contributed by atoms with Crippen LogP contribution in [0.25, 0.3) is 21.8 Å². The Morgan fingerprint density at radius 2 is 2.21 bits per heavy atom. The van der Waals surface area contributed by atoms with Crippen molar-refractivity contribution in [3.63, 3.8) is 0 Å². The number of fused-ring (bicyclic) bond motifs is 1. The van der Waals surface area contributed by atoms with Crippen LogP contribution in [0.1, 0.15) is 18.3 Å². The first kappa shape index (κ1) is 12.6. The summed E-state index contributed by atoms with van der Waals surface area (Å²) in [5, 5.41) is 3.84. The zero-order chi connectivity index (χ0) is 13.4. The van der Waals surface area contributed by atoms with Crippen molar-refractivity contribution in [3.8, 4) is 11.5 Å². The number of hydrogen-bond donors (Lipinski definition) is 0. The van der Waals surface area contributed by atoms with Gasteiger partial charge in [-0.2, -0.15) is 4.98 Å². The highest BCUT2D eigenvalue weighted by atomic mass is 32.2. The molecule has 0 saturated carbocycles. The molecule has 3 rings (SSSR count). The molecule has 0 N–H and O–H groups in total. The van der Waals surface area contributed by atoms with Crippen LogP contribution >= 0.6 is 23.1 Å². The third kappa shape index (κ3) is 2.12. The fourth-order valence-electron chi connectivity index (χ4n) is 1.93. The lowest BCUT2D eigenvalue weighted by Crippen LogP contribution is -1.91. The summed E-state index contributed by atoms with van der Waals surface area (Å²) in [7, 11) is 0. The van der Waals surface area contributed by atoms with Gasteiger partial charge in [-0.3, -0.25) is 0 Å². The average molecular weight is 292 g/mol. The van der Waals surface area contributed by atoms with Crippen LogP contribution in [-0.2, 0) is 6.42 Å². The quantitative estimate of drug-likeness (QED) is 0.690. The molecule has 0 spiro atoms. The van der Waals surface area contributed by atoms with E-state index in [0.29, 0.717) is 11.7 Å². The monoisotopic (exact) mass is 292 g/mol. The van der Waals surface area contributed by atoms with Crippen molar-refractivity contribution in [3.05, 3.63) is 17.6 Å². The van der Waals surface area contributed by atoms with E-state index in [1.165, 1.54) is 5.56 Å². The number of rotatable bonds is 3. The van der Waals surface area contributed by atoms with Crippen molar-refractivity contribution in [1.29, 1.82) is 0 Å². The molecular formula is C12H12N4OS2. The number of thioether (sulfide) groups is 1. The minimum absolute atomic E-state index is 0.530. The largest absolute Gasteiger partial charge is 0.334 e. The van der Waals surface area contributed by atoms with Gasteiger partial charge in [-0.25, -0.2) is 9.97 Å². The third-order valence-corrected chi connectivity index (χ3v) is 4.88. The van der Waals surface area contributed by atoms with Crippen LogP contribution in [0.15, 0.2) is 15.1 Å². The maximum Gasteiger partial charge on any atom is 0.259 e. The number of pyridine rings is 1. The van der Waals surface area contributed by atoms with Gasteiger partial charge >= 0.3 is 0 Å². The molecule has 0 aliphatic rings. The Bertz CT molecular complexity index is 734. The van der Waals surface area contributed by atoms with Crippen LogP contribution in [0.5, 0.6) is 0 Å². The summed E-state index contributed by atoms with van der Waals surface area (Å²) in [5.74, 6) is 1.16. The molecule has 0 fully saturated rings. The third-order valence-electron chi connectivity index (χ3n) is 2.79. The van der Waals surface area contributed by atoms with E-state index in [2.05, 4.69) is 27.0 Å². The van der Waals surface area contributed by atoms with Crippen LogP contribution in [0.3, 0.4) is 0 Å². The van der Waals surface area contributed by atoms with Gasteiger partial charge in [-0.1, -0.05) is 23.8 Å². The summed E-state index contributed by atoms with van der Waals surface area (Å²) in [6.45, 7) is 3.92. The van der Waals surface area contributed by atoms with Gasteiger partial charge < -0.3 is 4.52 Å². The van der Waals surface area contributed by atoms with Crippen LogP contribution in [0, 0.1) is 6.92 Å². The minimum Gasteiger partial charge on any atom is -0.334 e. The van der Waals surface area contributed by atoms with Gasteiger partial charge in [0, 0.05) is 6.20 Å². The maximum atomic E-state index is 5.25. The Hall–Kier alpha value is -1.47. The first-order valence-electron chi connectivity index (χ1n) is 5.86. The Labute approximate surface area is 118 Å². The second-order valence-electron chi connectivity index (χ2n) is 3.99. The molecule has 0 saturated heterocycles. The van der Waals surface area contributed by atoms with E-state index in [9.17, 15) is 0 Å². The van der Waals surface area contributed by atoms with Crippen molar-refractivity contribution >= 4 is 33.4 Å². The van der Waals surface area contributed by atoms with Gasteiger partial charge in [-0.05, 0) is 25.2 Å². The van der Waals surface area contributed by atoms with Crippen LogP contribution in [0.4, 0.5) is 0 Å². The van der Waals surface area contributed by atoms with E-state index in [1.807, 2.05) is 13.2 Å². The fraction of sp³-hybridized carbons (Fsp3) is 0.333. The average Bonchev–Trinajstić information content (AvgIpc) is 3.02. The highest BCUT2D eigenvalue weighted by Crippen LogP contribution is 2.34. The van der Waals surface area contributed by atoms with Gasteiger partial charge in [-0.15, -0.1) is 11.3 Å². The van der Waals surface area contributed by atoms with Gasteiger partial charge in [0.25, 0.3) is 5.89 Å². The molecule has 0 atom stereocenters. The molecule has 5 nitrogen and oxygen atoms in total. The SMILES string of the molecule is CCc1c(-c2nc(C)no2)cnc2nc(SC)sc12. The molecule has 19 heavy (non-hydrogen) atoms. The molecule has 0 bridgehead atoms. The molecule has 7 heteroatoms. The molecule has 3 aromatic rings. The zero-order valence-electron chi connectivity index (χ0n) is 10.8. The van der Waals surface area contributed by atoms with Crippen molar-refractivity contribution in [2.75, 3.05) is 6.26 Å². The van der Waals surface area contributed by atoms with Gasteiger partial charge in [0.1, 0.15) is 0 Å². The number of aryl methyl sites for hydroxylation is 2. The summed E-state index contributed by atoms with van der Waals surface area (Å²) in [6.07, 6.45) is 4.68. The van der Waals surface area contributed by atoms with Crippen molar-refractivity contribution in [1.82, 2.24) is 20.1 Å². The Morgan fingerprint density at radius 1 is 1.37 bits per heavy atom. The Morgan fingerprint density at radius 3 is 2.84 bits per heavy atom. The molecule has 0 aliphatic carbocycles. The lowest BCUT2D eigenvalue weighted by Gasteiger charge is -2.03. The van der Waals surface area contributed by atoms with Crippen molar-refractivity contribution < 1.29 is 4.52 Å². The van der Waals surface area contributed by atoms with Crippen molar-refractivity contribution in [2.45, 2.75) is 24.6 Å². The molecule has 0 aromatic carbocycles. The summed E-state index contributed by atoms with van der Waals surface area (Å²) in [6, 6.07) is 0. The van der Waals surface area contributed by atoms with Gasteiger partial charge in [0.15, 0.2) is 15.8 Å². The van der Waals surface area contributed by atoms with Gasteiger partial charge in [0.2, 0.25) is 0 Å². The maximum absolute atomic E-state index is 5.25. The van der Waals surface area contributed by atoms with E-state index < -0.39 is 0 Å². The van der Waals surface area contributed by atoms with Crippen LogP contribution in [-0.4, -0.2) is 26.4 Å². The van der Waals surface area contributed by atoms with Gasteiger partial charge in [0.05, 0.1) is 10.3 Å². The molecular weight excluding hydrogens is 280 g/mol. The normalized spacial score (nSPS) is 11.3. The van der Waals surface area contributed by atoms with E-state index in [0.717, 1.165) is 26.7 Å². The lowest BCUT2D eigenvalue weighted by atomic mass is 10.1. The molecule has 0 unspecified atom stereocenters. The van der Waals surface area contributed by atoms with Crippen molar-refractivity contribution in [2.24, 2.45) is 0 Å². The topological polar surface area (TPSA) is 64.7 Å². The second-order valence-corrected chi connectivity index (χ2v) is 6.04. The molecule has 0 amide bonds. The molecule has 0 aliphatic heterocycles. The molecule has 3 heterocycles. The van der Waals surface area contributed by atoms with E-state index in [1.54, 1.807) is 29.3 Å². The van der Waals surface area contributed by atoms with Crippen LogP contribution in [0.2, 0.25) is 0 Å². The highest BCUT2D eigenvalue weighted by molar-refractivity contribution is 8.00. The predicted molar refractivity (Wildman–Crippen MR) is 76.6 cm³/mol. The number of thiazole rings is 1. The fourth-order valence-corrected chi connectivity index (χ4v) is 3.57. The van der Waals surface area contributed by atoms with E-state index >= 15 is 0 Å². The lowest BCUT2D eigenvalue weighted by molar-refractivity contribution is 0.425. The smallest absolute Gasteiger partial charge is 0.259 e. The zero-order valence-corrected chi connectivity index (χ0v) is 12.4. The number of hydrogen-bond acceptors (Lipinski definition) is 7. The van der Waals surface area contributed by atoms with Crippen LogP contribution < -0.4 is 0 Å². The molecule has 0 radical (unpaired) electrons. The summed E-state index contributed by atoms with van der Waals surface area (Å²) in [5.41, 5.74) is 2.88. The first-order valence-corrected chi connectivity index (χ1v) is 7.90. The second kappa shape index (κ2) is 4.90. The summed E-state index contributed by atoms with van der Waals surface area (Å²) < 4.78 is 7.39. The summed E-state index contributed by atoms with van der Waals surface area (Å²) in [4.78, 5) is 13.2. The highest BCUT2D eigenvalue weighted by Gasteiger charge is 2.17. The first-order chi connectivity index (χ1) is 9.22. The number of nitrogens with zero attached hydrogens (tertiary/aromatic N) is 4. The van der Waals surface area contributed by atoms with E-state index in [4.69, 9.17) is 4.52 Å². The summed E-state index contributed by atoms with van der Waals surface area (Å²) >= 11 is 3.30. The standard InChI is InChI=1S/C12H12N4OS2/c1-4-7-8(11-14-6(2)16-17-11)5-13-10-9(7)19-12(15-10)18-3/h5H,4H2,1-3H3. The Kier molecular flexibility index (Phi) is 3.24.